The molecule has 0 saturated carbocycles. The SMILES string of the molecule is CCCCCCCCC/C=C\CCCCCCCCCC(=O)OCCCCC/C=C\C/C=C\CCCCCCCCCC(=O)NC(CO)C(O)CCCCCCCCCCCCCCCCCCCCCCC. The Morgan fingerprint density at radius 1 is 0.384 bits per heavy atom. The second kappa shape index (κ2) is 62.6. The van der Waals surface area contributed by atoms with E-state index in [1.54, 1.807) is 0 Å². The summed E-state index contributed by atoms with van der Waals surface area (Å²) in [4.78, 5) is 24.6. The van der Waals surface area contributed by atoms with Crippen LogP contribution in [0.2, 0.25) is 0 Å². The first kappa shape index (κ1) is 71.1. The van der Waals surface area contributed by atoms with Gasteiger partial charge in [-0.3, -0.25) is 9.59 Å². The van der Waals surface area contributed by atoms with Gasteiger partial charge in [-0.1, -0.05) is 288 Å². The van der Waals surface area contributed by atoms with Gasteiger partial charge in [-0.05, 0) is 89.9 Å². The summed E-state index contributed by atoms with van der Waals surface area (Å²) in [6, 6.07) is -0.555. The average molecular weight is 1030 g/mol. The number of aliphatic hydroxyl groups is 2. The summed E-state index contributed by atoms with van der Waals surface area (Å²) in [7, 11) is 0. The van der Waals surface area contributed by atoms with Crippen molar-refractivity contribution in [3.63, 3.8) is 0 Å². The molecule has 0 radical (unpaired) electrons. The van der Waals surface area contributed by atoms with E-state index in [0.717, 1.165) is 83.5 Å². The fraction of sp³-hybridized carbons (Fsp3) is 0.881. The molecule has 2 atom stereocenters. The molecule has 0 heterocycles. The number of allylic oxidation sites excluding steroid dienone is 6. The summed E-state index contributed by atoms with van der Waals surface area (Å²) in [6.07, 6.45) is 78.7. The Morgan fingerprint density at radius 3 is 1.05 bits per heavy atom. The van der Waals surface area contributed by atoms with Gasteiger partial charge in [0, 0.05) is 12.8 Å². The maximum absolute atomic E-state index is 12.5. The fourth-order valence-corrected chi connectivity index (χ4v) is 10.1. The molecule has 2 unspecified atom stereocenters. The van der Waals surface area contributed by atoms with E-state index in [1.807, 2.05) is 0 Å². The van der Waals surface area contributed by atoms with E-state index in [-0.39, 0.29) is 18.5 Å². The topological polar surface area (TPSA) is 95.9 Å². The summed E-state index contributed by atoms with van der Waals surface area (Å²) in [5, 5.41) is 23.4. The van der Waals surface area contributed by atoms with Crippen molar-refractivity contribution < 1.29 is 24.5 Å². The van der Waals surface area contributed by atoms with E-state index in [9.17, 15) is 19.8 Å². The Morgan fingerprint density at radius 2 is 0.685 bits per heavy atom. The zero-order valence-electron chi connectivity index (χ0n) is 49.1. The smallest absolute Gasteiger partial charge is 0.305 e. The molecule has 0 saturated heterocycles. The van der Waals surface area contributed by atoms with Crippen LogP contribution in [0.4, 0.5) is 0 Å². The van der Waals surface area contributed by atoms with Crippen molar-refractivity contribution in [1.82, 2.24) is 5.32 Å². The lowest BCUT2D eigenvalue weighted by Crippen LogP contribution is -2.45. The third-order valence-corrected chi connectivity index (χ3v) is 15.2. The van der Waals surface area contributed by atoms with Crippen LogP contribution in [0.5, 0.6) is 0 Å². The van der Waals surface area contributed by atoms with Crippen LogP contribution in [0.25, 0.3) is 0 Å². The molecular weight excluding hydrogens is 899 g/mol. The fourth-order valence-electron chi connectivity index (χ4n) is 10.1. The molecule has 0 spiro atoms. The van der Waals surface area contributed by atoms with Crippen molar-refractivity contribution in [3.8, 4) is 0 Å². The maximum Gasteiger partial charge on any atom is 0.305 e. The van der Waals surface area contributed by atoms with Crippen molar-refractivity contribution in [3.05, 3.63) is 36.5 Å². The molecular formula is C67H127NO5. The van der Waals surface area contributed by atoms with Gasteiger partial charge in [0.1, 0.15) is 0 Å². The van der Waals surface area contributed by atoms with Gasteiger partial charge in [-0.15, -0.1) is 0 Å². The Bertz CT molecular complexity index is 1180. The van der Waals surface area contributed by atoms with Gasteiger partial charge in [-0.2, -0.15) is 0 Å². The number of nitrogens with one attached hydrogen (secondary N) is 1. The molecule has 0 aromatic heterocycles. The van der Waals surface area contributed by atoms with E-state index < -0.39 is 12.1 Å². The first-order chi connectivity index (χ1) is 36.0. The highest BCUT2D eigenvalue weighted by Gasteiger charge is 2.20. The number of hydrogen-bond donors (Lipinski definition) is 3. The van der Waals surface area contributed by atoms with Crippen LogP contribution in [-0.2, 0) is 14.3 Å². The average Bonchev–Trinajstić information content (AvgIpc) is 3.39. The van der Waals surface area contributed by atoms with Crippen molar-refractivity contribution in [2.24, 2.45) is 0 Å². The number of aliphatic hydroxyl groups excluding tert-OH is 2. The van der Waals surface area contributed by atoms with E-state index >= 15 is 0 Å². The van der Waals surface area contributed by atoms with Crippen molar-refractivity contribution in [1.29, 1.82) is 0 Å². The lowest BCUT2D eigenvalue weighted by molar-refractivity contribution is -0.143. The monoisotopic (exact) mass is 1030 g/mol. The second-order valence-electron chi connectivity index (χ2n) is 22.4. The third-order valence-electron chi connectivity index (χ3n) is 15.2. The molecule has 0 aliphatic rings. The Labute approximate surface area is 455 Å². The van der Waals surface area contributed by atoms with Gasteiger partial charge >= 0.3 is 5.97 Å². The summed E-state index contributed by atoms with van der Waals surface area (Å²) in [5.74, 6) is -0.0660. The summed E-state index contributed by atoms with van der Waals surface area (Å²) >= 11 is 0. The summed E-state index contributed by atoms with van der Waals surface area (Å²) in [6.45, 7) is 4.93. The number of hydrogen-bond acceptors (Lipinski definition) is 5. The van der Waals surface area contributed by atoms with Crippen molar-refractivity contribution in [2.45, 2.75) is 366 Å². The molecule has 0 fully saturated rings. The van der Waals surface area contributed by atoms with Crippen LogP contribution in [0.3, 0.4) is 0 Å². The minimum Gasteiger partial charge on any atom is -0.466 e. The number of amides is 1. The molecule has 3 N–H and O–H groups in total. The molecule has 430 valence electrons. The zero-order chi connectivity index (χ0) is 52.9. The molecule has 0 rings (SSSR count). The molecule has 73 heavy (non-hydrogen) atoms. The lowest BCUT2D eigenvalue weighted by Gasteiger charge is -2.22. The maximum atomic E-state index is 12.5. The normalized spacial score (nSPS) is 12.8. The number of carbonyl (C=O) groups is 2. The third kappa shape index (κ3) is 59.2. The molecule has 0 aromatic rings. The molecule has 1 amide bonds. The highest BCUT2D eigenvalue weighted by atomic mass is 16.5. The zero-order valence-corrected chi connectivity index (χ0v) is 49.1. The highest BCUT2D eigenvalue weighted by molar-refractivity contribution is 5.76. The summed E-state index contributed by atoms with van der Waals surface area (Å²) < 4.78 is 5.47. The Balaban J connectivity index is 3.48. The van der Waals surface area contributed by atoms with Crippen molar-refractivity contribution >= 4 is 11.9 Å². The molecule has 6 nitrogen and oxygen atoms in total. The quantitative estimate of drug-likeness (QED) is 0.0320. The Hall–Kier alpha value is -1.92. The number of ether oxygens (including phenoxy) is 1. The molecule has 0 aliphatic carbocycles. The van der Waals surface area contributed by atoms with Gasteiger partial charge < -0.3 is 20.3 Å². The first-order valence-corrected chi connectivity index (χ1v) is 32.7. The van der Waals surface area contributed by atoms with Gasteiger partial charge in [-0.25, -0.2) is 0 Å². The molecule has 0 aromatic carbocycles. The van der Waals surface area contributed by atoms with Crippen LogP contribution in [-0.4, -0.2) is 47.4 Å². The standard InChI is InChI=1S/C67H127NO5/c1-3-5-7-9-11-13-15-17-19-21-23-24-25-27-31-35-39-43-47-51-55-59-65(70)64(63-69)68-66(71)60-56-52-48-44-40-36-32-28-26-30-34-38-42-46-50-54-58-62-73-67(72)61-57-53-49-45-41-37-33-29-22-20-18-16-14-12-10-8-6-4-2/h20,22,26,30,38,42,64-65,69-70H,3-19,21,23-25,27-29,31-37,39-41,43-63H2,1-2H3,(H,68,71)/b22-20-,30-26-,42-38-. The number of rotatable bonds is 61. The summed E-state index contributed by atoms with van der Waals surface area (Å²) in [5.41, 5.74) is 0. The van der Waals surface area contributed by atoms with E-state index in [0.29, 0.717) is 25.9 Å². The van der Waals surface area contributed by atoms with E-state index in [1.165, 1.54) is 238 Å². The largest absolute Gasteiger partial charge is 0.466 e. The van der Waals surface area contributed by atoms with Crippen LogP contribution >= 0.6 is 0 Å². The van der Waals surface area contributed by atoms with Gasteiger partial charge in [0.05, 0.1) is 25.4 Å². The van der Waals surface area contributed by atoms with Crippen LogP contribution < -0.4 is 5.32 Å². The molecule has 6 heteroatoms. The van der Waals surface area contributed by atoms with Gasteiger partial charge in [0.2, 0.25) is 5.91 Å². The van der Waals surface area contributed by atoms with Crippen LogP contribution in [0.15, 0.2) is 36.5 Å². The number of esters is 1. The first-order valence-electron chi connectivity index (χ1n) is 32.7. The highest BCUT2D eigenvalue weighted by Crippen LogP contribution is 2.18. The number of carbonyl (C=O) groups excluding carboxylic acids is 2. The van der Waals surface area contributed by atoms with Gasteiger partial charge in [0.25, 0.3) is 0 Å². The van der Waals surface area contributed by atoms with E-state index in [2.05, 4.69) is 55.6 Å². The second-order valence-corrected chi connectivity index (χ2v) is 22.4. The predicted octanol–water partition coefficient (Wildman–Crippen LogP) is 20.8. The number of unbranched alkanes of at least 4 members (excludes halogenated alkanes) is 44. The molecule has 0 aliphatic heterocycles. The molecule has 0 bridgehead atoms. The Kier molecular flexibility index (Phi) is 61.0. The van der Waals surface area contributed by atoms with E-state index in [4.69, 9.17) is 4.74 Å². The lowest BCUT2D eigenvalue weighted by atomic mass is 10.0. The predicted molar refractivity (Wildman–Crippen MR) is 319 cm³/mol. The van der Waals surface area contributed by atoms with Crippen molar-refractivity contribution in [2.75, 3.05) is 13.2 Å². The van der Waals surface area contributed by atoms with Crippen LogP contribution in [0, 0.1) is 0 Å². The minimum absolute atomic E-state index is 0.0177. The van der Waals surface area contributed by atoms with Crippen LogP contribution in [0.1, 0.15) is 354 Å². The van der Waals surface area contributed by atoms with Gasteiger partial charge in [0.15, 0.2) is 0 Å². The minimum atomic E-state index is -0.677.